The first-order chi connectivity index (χ1) is 8.27. The van der Waals surface area contributed by atoms with Crippen LogP contribution in [0.15, 0.2) is 12.3 Å². The van der Waals surface area contributed by atoms with Gasteiger partial charge >= 0.3 is 0 Å². The van der Waals surface area contributed by atoms with E-state index in [0.717, 1.165) is 25.7 Å². The van der Waals surface area contributed by atoms with Crippen LogP contribution < -0.4 is 5.32 Å². The van der Waals surface area contributed by atoms with Crippen LogP contribution >= 0.6 is 0 Å². The SMILES string of the molecule is CN(CCNCc1ccnn1C)C1CCCC1. The fraction of sp³-hybridized carbons (Fsp3) is 0.769. The van der Waals surface area contributed by atoms with E-state index < -0.39 is 0 Å². The van der Waals surface area contributed by atoms with Crippen LogP contribution in [-0.2, 0) is 13.6 Å². The lowest BCUT2D eigenvalue weighted by atomic mass is 10.2. The highest BCUT2D eigenvalue weighted by Crippen LogP contribution is 2.21. The standard InChI is InChI=1S/C13H24N4/c1-16(12-5-3-4-6-12)10-9-14-11-13-7-8-15-17(13)2/h7-8,12,14H,3-6,9-11H2,1-2H3. The zero-order valence-corrected chi connectivity index (χ0v) is 11.0. The Kier molecular flexibility index (Phi) is 4.57. The van der Waals surface area contributed by atoms with Crippen molar-refractivity contribution >= 4 is 0 Å². The molecule has 4 heteroatoms. The molecule has 0 amide bonds. The highest BCUT2D eigenvalue weighted by molar-refractivity contribution is 4.99. The molecule has 0 saturated heterocycles. The summed E-state index contributed by atoms with van der Waals surface area (Å²) in [4.78, 5) is 2.50. The normalized spacial score (nSPS) is 17.1. The molecule has 1 saturated carbocycles. The van der Waals surface area contributed by atoms with Crippen molar-refractivity contribution in [1.82, 2.24) is 20.0 Å². The molecule has 1 fully saturated rings. The van der Waals surface area contributed by atoms with E-state index in [2.05, 4.69) is 28.4 Å². The smallest absolute Gasteiger partial charge is 0.0518 e. The van der Waals surface area contributed by atoms with Crippen molar-refractivity contribution < 1.29 is 0 Å². The zero-order chi connectivity index (χ0) is 12.1. The second kappa shape index (κ2) is 6.17. The van der Waals surface area contributed by atoms with E-state index in [1.54, 1.807) is 0 Å². The molecule has 0 atom stereocenters. The summed E-state index contributed by atoms with van der Waals surface area (Å²) >= 11 is 0. The summed E-state index contributed by atoms with van der Waals surface area (Å²) in [6.45, 7) is 3.11. The van der Waals surface area contributed by atoms with Gasteiger partial charge in [0.25, 0.3) is 0 Å². The first kappa shape index (κ1) is 12.6. The van der Waals surface area contributed by atoms with Crippen molar-refractivity contribution in [3.8, 4) is 0 Å². The Morgan fingerprint density at radius 1 is 1.47 bits per heavy atom. The van der Waals surface area contributed by atoms with Gasteiger partial charge < -0.3 is 10.2 Å². The largest absolute Gasteiger partial charge is 0.310 e. The summed E-state index contributed by atoms with van der Waals surface area (Å²) in [6.07, 6.45) is 7.45. The topological polar surface area (TPSA) is 33.1 Å². The predicted octanol–water partition coefficient (Wildman–Crippen LogP) is 1.38. The highest BCUT2D eigenvalue weighted by atomic mass is 15.3. The molecule has 96 valence electrons. The number of hydrogen-bond donors (Lipinski definition) is 1. The molecule has 1 aromatic heterocycles. The molecular weight excluding hydrogens is 212 g/mol. The number of likely N-dealkylation sites (N-methyl/N-ethyl adjacent to an activating group) is 1. The third kappa shape index (κ3) is 3.54. The van der Waals surface area contributed by atoms with E-state index in [-0.39, 0.29) is 0 Å². The number of nitrogens with zero attached hydrogens (tertiary/aromatic N) is 3. The van der Waals surface area contributed by atoms with Crippen LogP contribution in [0.3, 0.4) is 0 Å². The van der Waals surface area contributed by atoms with E-state index in [0.29, 0.717) is 0 Å². The summed E-state index contributed by atoms with van der Waals surface area (Å²) in [5.41, 5.74) is 1.24. The molecule has 1 N–H and O–H groups in total. The van der Waals surface area contributed by atoms with Crippen LogP contribution in [0, 0.1) is 0 Å². The fourth-order valence-electron chi connectivity index (χ4n) is 2.57. The average Bonchev–Trinajstić information content (AvgIpc) is 2.96. The third-order valence-corrected chi connectivity index (χ3v) is 3.82. The molecule has 4 nitrogen and oxygen atoms in total. The van der Waals surface area contributed by atoms with Crippen LogP contribution in [-0.4, -0.2) is 40.9 Å². The monoisotopic (exact) mass is 236 g/mol. The Hall–Kier alpha value is -0.870. The lowest BCUT2D eigenvalue weighted by Crippen LogP contribution is -2.35. The Morgan fingerprint density at radius 3 is 2.88 bits per heavy atom. The lowest BCUT2D eigenvalue weighted by Gasteiger charge is -2.23. The molecular formula is C13H24N4. The van der Waals surface area contributed by atoms with E-state index in [9.17, 15) is 0 Å². The van der Waals surface area contributed by atoms with Gasteiger partial charge in [0.1, 0.15) is 0 Å². The lowest BCUT2D eigenvalue weighted by molar-refractivity contribution is 0.245. The van der Waals surface area contributed by atoms with Gasteiger partial charge in [-0.1, -0.05) is 12.8 Å². The van der Waals surface area contributed by atoms with Gasteiger partial charge in [0.05, 0.1) is 5.69 Å². The second-order valence-electron chi connectivity index (χ2n) is 5.04. The van der Waals surface area contributed by atoms with Crippen LogP contribution in [0.25, 0.3) is 0 Å². The Balaban J connectivity index is 1.61. The van der Waals surface area contributed by atoms with Crippen molar-refractivity contribution in [2.24, 2.45) is 7.05 Å². The summed E-state index contributed by atoms with van der Waals surface area (Å²) in [6, 6.07) is 2.89. The molecule has 2 rings (SSSR count). The molecule has 1 aliphatic rings. The van der Waals surface area contributed by atoms with E-state index in [1.807, 2.05) is 17.9 Å². The third-order valence-electron chi connectivity index (χ3n) is 3.82. The molecule has 17 heavy (non-hydrogen) atoms. The second-order valence-corrected chi connectivity index (χ2v) is 5.04. The van der Waals surface area contributed by atoms with Gasteiger partial charge in [0.15, 0.2) is 0 Å². The molecule has 0 radical (unpaired) electrons. The average molecular weight is 236 g/mol. The van der Waals surface area contributed by atoms with Crippen molar-refractivity contribution in [3.63, 3.8) is 0 Å². The van der Waals surface area contributed by atoms with E-state index >= 15 is 0 Å². The van der Waals surface area contributed by atoms with Crippen molar-refractivity contribution in [3.05, 3.63) is 18.0 Å². The van der Waals surface area contributed by atoms with Gasteiger partial charge in [-0.2, -0.15) is 5.10 Å². The zero-order valence-electron chi connectivity index (χ0n) is 11.0. The first-order valence-corrected chi connectivity index (χ1v) is 6.65. The molecule has 1 aromatic rings. The molecule has 0 spiro atoms. The maximum atomic E-state index is 4.16. The maximum Gasteiger partial charge on any atom is 0.0518 e. The van der Waals surface area contributed by atoms with Crippen molar-refractivity contribution in [1.29, 1.82) is 0 Å². The minimum Gasteiger partial charge on any atom is -0.310 e. The highest BCUT2D eigenvalue weighted by Gasteiger charge is 2.18. The van der Waals surface area contributed by atoms with Crippen LogP contribution in [0.4, 0.5) is 0 Å². The Bertz CT molecular complexity index is 328. The van der Waals surface area contributed by atoms with E-state index in [4.69, 9.17) is 0 Å². The summed E-state index contributed by atoms with van der Waals surface area (Å²) in [7, 11) is 4.24. The number of rotatable bonds is 6. The van der Waals surface area contributed by atoms with Crippen molar-refractivity contribution in [2.75, 3.05) is 20.1 Å². The van der Waals surface area contributed by atoms with E-state index in [1.165, 1.54) is 31.4 Å². The minimum atomic E-state index is 0.827. The number of aryl methyl sites for hydroxylation is 1. The Morgan fingerprint density at radius 2 is 2.24 bits per heavy atom. The Labute approximate surface area is 104 Å². The van der Waals surface area contributed by atoms with Gasteiger partial charge in [0, 0.05) is 38.9 Å². The molecule has 0 aromatic carbocycles. The maximum absolute atomic E-state index is 4.16. The van der Waals surface area contributed by atoms with Crippen molar-refractivity contribution in [2.45, 2.75) is 38.3 Å². The van der Waals surface area contributed by atoms with Gasteiger partial charge in [0.2, 0.25) is 0 Å². The molecule has 0 aliphatic heterocycles. The fourth-order valence-corrected chi connectivity index (χ4v) is 2.57. The van der Waals surface area contributed by atoms with Crippen LogP contribution in [0.5, 0.6) is 0 Å². The van der Waals surface area contributed by atoms with Crippen LogP contribution in [0.2, 0.25) is 0 Å². The molecule has 1 heterocycles. The number of nitrogens with one attached hydrogen (secondary N) is 1. The quantitative estimate of drug-likeness (QED) is 0.758. The predicted molar refractivity (Wildman–Crippen MR) is 69.8 cm³/mol. The number of hydrogen-bond acceptors (Lipinski definition) is 3. The molecule has 1 aliphatic carbocycles. The van der Waals surface area contributed by atoms with Crippen LogP contribution in [0.1, 0.15) is 31.4 Å². The van der Waals surface area contributed by atoms with Gasteiger partial charge in [-0.15, -0.1) is 0 Å². The number of aromatic nitrogens is 2. The summed E-state index contributed by atoms with van der Waals surface area (Å²) < 4.78 is 1.92. The van der Waals surface area contributed by atoms with Gasteiger partial charge in [-0.25, -0.2) is 0 Å². The minimum absolute atomic E-state index is 0.827. The molecule has 0 unspecified atom stereocenters. The summed E-state index contributed by atoms with van der Waals surface area (Å²) in [5, 5.41) is 7.64. The summed E-state index contributed by atoms with van der Waals surface area (Å²) in [5.74, 6) is 0. The van der Waals surface area contributed by atoms with Gasteiger partial charge in [-0.05, 0) is 26.0 Å². The molecule has 0 bridgehead atoms. The van der Waals surface area contributed by atoms with Gasteiger partial charge in [-0.3, -0.25) is 4.68 Å². The first-order valence-electron chi connectivity index (χ1n) is 6.65.